The quantitative estimate of drug-likeness (QED) is 0.484. The summed E-state index contributed by atoms with van der Waals surface area (Å²) in [6.45, 7) is 2.65. The summed E-state index contributed by atoms with van der Waals surface area (Å²) < 4.78 is 16.1. The van der Waals surface area contributed by atoms with E-state index < -0.39 is 0 Å². The molecule has 2 aliphatic heterocycles. The Labute approximate surface area is 79.4 Å². The predicted octanol–water partition coefficient (Wildman–Crippen LogP) is 1.71. The number of hydrogen-bond acceptors (Lipinski definition) is 3. The number of rotatable bonds is 5. The third kappa shape index (κ3) is 3.63. The molecule has 2 heterocycles. The van der Waals surface area contributed by atoms with Gasteiger partial charge >= 0.3 is 0 Å². The van der Waals surface area contributed by atoms with Gasteiger partial charge < -0.3 is 14.2 Å². The van der Waals surface area contributed by atoms with E-state index in [1.165, 1.54) is 12.8 Å². The van der Waals surface area contributed by atoms with E-state index in [1.54, 1.807) is 0 Å². The van der Waals surface area contributed by atoms with E-state index in [0.29, 0.717) is 6.10 Å². The van der Waals surface area contributed by atoms with E-state index in [9.17, 15) is 0 Å². The molecule has 0 aliphatic carbocycles. The fraction of sp³-hybridized carbons (Fsp3) is 1.00. The first-order chi connectivity index (χ1) is 6.45. The lowest BCUT2D eigenvalue weighted by molar-refractivity contribution is -0.162. The Hall–Kier alpha value is -0.120. The summed E-state index contributed by atoms with van der Waals surface area (Å²) in [7, 11) is 0. The molecule has 0 radical (unpaired) electrons. The molecule has 0 spiro atoms. The lowest BCUT2D eigenvalue weighted by Gasteiger charge is -2.22. The standard InChI is InChI=1S/C10H18O3/c1-2-6-11-10(5-1)12-7-3-4-9-8-13-9/h9-10H,1-8H2/t9-,10?/m1/s1. The lowest BCUT2D eigenvalue weighted by atomic mass is 10.2. The van der Waals surface area contributed by atoms with Gasteiger partial charge in [0.15, 0.2) is 6.29 Å². The molecule has 76 valence electrons. The monoisotopic (exact) mass is 186 g/mol. The number of ether oxygens (including phenoxy) is 3. The second-order valence-corrected chi connectivity index (χ2v) is 3.76. The zero-order valence-corrected chi connectivity index (χ0v) is 8.04. The highest BCUT2D eigenvalue weighted by molar-refractivity contribution is 4.68. The molecule has 3 heteroatoms. The molecule has 1 unspecified atom stereocenters. The highest BCUT2D eigenvalue weighted by atomic mass is 16.7. The Morgan fingerprint density at radius 1 is 1.23 bits per heavy atom. The first kappa shape index (κ1) is 9.44. The molecule has 2 atom stereocenters. The van der Waals surface area contributed by atoms with E-state index in [1.807, 2.05) is 0 Å². The average Bonchev–Trinajstić information content (AvgIpc) is 2.98. The van der Waals surface area contributed by atoms with Gasteiger partial charge in [-0.25, -0.2) is 0 Å². The van der Waals surface area contributed by atoms with Crippen molar-refractivity contribution < 1.29 is 14.2 Å². The van der Waals surface area contributed by atoms with Gasteiger partial charge in [0.05, 0.1) is 12.7 Å². The van der Waals surface area contributed by atoms with E-state index in [4.69, 9.17) is 14.2 Å². The van der Waals surface area contributed by atoms with Crippen molar-refractivity contribution in [3.05, 3.63) is 0 Å². The molecule has 0 aromatic heterocycles. The van der Waals surface area contributed by atoms with Gasteiger partial charge in [0.1, 0.15) is 0 Å². The van der Waals surface area contributed by atoms with E-state index >= 15 is 0 Å². The first-order valence-electron chi connectivity index (χ1n) is 5.30. The maximum atomic E-state index is 5.58. The SMILES string of the molecule is C1CCC(OCCC[C@@H]2CO2)OC1. The minimum atomic E-state index is 0.0777. The first-order valence-corrected chi connectivity index (χ1v) is 5.30. The summed E-state index contributed by atoms with van der Waals surface area (Å²) in [5, 5.41) is 0. The molecule has 2 rings (SSSR count). The predicted molar refractivity (Wildman–Crippen MR) is 48.5 cm³/mol. The van der Waals surface area contributed by atoms with Gasteiger partial charge in [0.2, 0.25) is 0 Å². The van der Waals surface area contributed by atoms with Crippen LogP contribution >= 0.6 is 0 Å². The Balaban J connectivity index is 1.46. The molecular formula is C10H18O3. The molecule has 0 bridgehead atoms. The summed E-state index contributed by atoms with van der Waals surface area (Å²) in [5.74, 6) is 0. The van der Waals surface area contributed by atoms with Gasteiger partial charge in [0, 0.05) is 13.2 Å². The normalized spacial score (nSPS) is 33.2. The Morgan fingerprint density at radius 2 is 2.15 bits per heavy atom. The Kier molecular flexibility index (Phi) is 3.58. The van der Waals surface area contributed by atoms with Crippen molar-refractivity contribution in [2.45, 2.75) is 44.5 Å². The largest absolute Gasteiger partial charge is 0.373 e. The maximum absolute atomic E-state index is 5.58. The summed E-state index contributed by atoms with van der Waals surface area (Å²) >= 11 is 0. The number of epoxide rings is 1. The van der Waals surface area contributed by atoms with Crippen LogP contribution in [-0.4, -0.2) is 32.2 Å². The van der Waals surface area contributed by atoms with Gasteiger partial charge in [0.25, 0.3) is 0 Å². The van der Waals surface area contributed by atoms with Crippen molar-refractivity contribution >= 4 is 0 Å². The third-order valence-electron chi connectivity index (χ3n) is 2.51. The highest BCUT2D eigenvalue weighted by Gasteiger charge is 2.21. The van der Waals surface area contributed by atoms with Crippen LogP contribution in [0.25, 0.3) is 0 Å². The number of hydrogen-bond donors (Lipinski definition) is 0. The maximum Gasteiger partial charge on any atom is 0.157 e. The second kappa shape index (κ2) is 4.94. The molecule has 13 heavy (non-hydrogen) atoms. The van der Waals surface area contributed by atoms with Crippen LogP contribution in [0.3, 0.4) is 0 Å². The topological polar surface area (TPSA) is 31.0 Å². The highest BCUT2D eigenvalue weighted by Crippen LogP contribution is 2.17. The van der Waals surface area contributed by atoms with Crippen molar-refractivity contribution in [2.24, 2.45) is 0 Å². The summed E-state index contributed by atoms with van der Waals surface area (Å²) in [4.78, 5) is 0. The van der Waals surface area contributed by atoms with Crippen molar-refractivity contribution in [2.75, 3.05) is 19.8 Å². The minimum Gasteiger partial charge on any atom is -0.373 e. The Morgan fingerprint density at radius 3 is 2.85 bits per heavy atom. The van der Waals surface area contributed by atoms with Crippen LogP contribution in [0.15, 0.2) is 0 Å². The summed E-state index contributed by atoms with van der Waals surface area (Å²) in [6, 6.07) is 0. The fourth-order valence-electron chi connectivity index (χ4n) is 1.60. The van der Waals surface area contributed by atoms with Gasteiger partial charge in [-0.3, -0.25) is 0 Å². The summed E-state index contributed by atoms with van der Waals surface area (Å²) in [6.07, 6.45) is 6.37. The van der Waals surface area contributed by atoms with Gasteiger partial charge in [-0.05, 0) is 32.1 Å². The van der Waals surface area contributed by atoms with Gasteiger partial charge in [-0.1, -0.05) is 0 Å². The molecular weight excluding hydrogens is 168 g/mol. The molecule has 0 saturated carbocycles. The molecule has 0 aromatic rings. The van der Waals surface area contributed by atoms with Crippen LogP contribution in [0.5, 0.6) is 0 Å². The molecule has 0 amide bonds. The average molecular weight is 186 g/mol. The van der Waals surface area contributed by atoms with Crippen LogP contribution in [0.1, 0.15) is 32.1 Å². The van der Waals surface area contributed by atoms with Crippen molar-refractivity contribution in [3.63, 3.8) is 0 Å². The molecule has 3 nitrogen and oxygen atoms in total. The molecule has 2 fully saturated rings. The van der Waals surface area contributed by atoms with Crippen LogP contribution in [0.2, 0.25) is 0 Å². The van der Waals surface area contributed by atoms with Crippen LogP contribution in [0.4, 0.5) is 0 Å². The zero-order chi connectivity index (χ0) is 8.93. The van der Waals surface area contributed by atoms with Crippen molar-refractivity contribution in [1.29, 1.82) is 0 Å². The second-order valence-electron chi connectivity index (χ2n) is 3.76. The molecule has 2 saturated heterocycles. The van der Waals surface area contributed by atoms with Crippen LogP contribution in [0, 0.1) is 0 Å². The smallest absolute Gasteiger partial charge is 0.157 e. The zero-order valence-electron chi connectivity index (χ0n) is 8.04. The van der Waals surface area contributed by atoms with Gasteiger partial charge in [-0.2, -0.15) is 0 Å². The molecule has 0 aromatic carbocycles. The van der Waals surface area contributed by atoms with Gasteiger partial charge in [-0.15, -0.1) is 0 Å². The fourth-order valence-corrected chi connectivity index (χ4v) is 1.60. The van der Waals surface area contributed by atoms with E-state index in [2.05, 4.69) is 0 Å². The van der Waals surface area contributed by atoms with Crippen LogP contribution in [-0.2, 0) is 14.2 Å². The molecule has 2 aliphatic rings. The third-order valence-corrected chi connectivity index (χ3v) is 2.51. The van der Waals surface area contributed by atoms with Crippen molar-refractivity contribution in [1.82, 2.24) is 0 Å². The van der Waals surface area contributed by atoms with Crippen molar-refractivity contribution in [3.8, 4) is 0 Å². The van der Waals surface area contributed by atoms with E-state index in [0.717, 1.165) is 39.1 Å². The minimum absolute atomic E-state index is 0.0777. The molecule has 0 N–H and O–H groups in total. The lowest BCUT2D eigenvalue weighted by Crippen LogP contribution is -2.22. The van der Waals surface area contributed by atoms with E-state index in [-0.39, 0.29) is 6.29 Å². The van der Waals surface area contributed by atoms with Crippen LogP contribution < -0.4 is 0 Å². The summed E-state index contributed by atoms with van der Waals surface area (Å²) in [5.41, 5.74) is 0. The Bertz CT molecular complexity index is 139.